The van der Waals surface area contributed by atoms with Crippen molar-refractivity contribution in [3.05, 3.63) is 52.5 Å². The summed E-state index contributed by atoms with van der Waals surface area (Å²) in [6, 6.07) is 11.0. The normalized spacial score (nSPS) is 12.1. The number of rotatable bonds is 11. The molecular formula is C24H32BrN3O6S. The Morgan fingerprint density at radius 1 is 1.06 bits per heavy atom. The highest BCUT2D eigenvalue weighted by molar-refractivity contribution is 9.10. The van der Waals surface area contributed by atoms with Crippen molar-refractivity contribution in [2.24, 2.45) is 0 Å². The largest absolute Gasteiger partial charge is 0.497 e. The maximum atomic E-state index is 13.6. The zero-order valence-electron chi connectivity index (χ0n) is 20.7. The number of carbonyl (C=O) groups is 2. The molecule has 0 fully saturated rings. The van der Waals surface area contributed by atoms with E-state index in [1.165, 1.54) is 31.3 Å². The Balaban J connectivity index is 2.46. The van der Waals surface area contributed by atoms with Crippen molar-refractivity contribution in [2.45, 2.75) is 39.4 Å². The Hall–Kier alpha value is -2.79. The molecule has 2 rings (SSSR count). The standard InChI is InChI=1S/C24H32BrN3O6S/c1-16(2)26-24(30)17(3)27(14-18-8-7-9-19(25)12-18)23(29)15-28(35(6,31)32)21-11-10-20(33-4)13-22(21)34-5/h7-13,16-17H,14-15H2,1-6H3,(H,26,30)/t17-/m0/s1. The molecule has 192 valence electrons. The van der Waals surface area contributed by atoms with Gasteiger partial charge < -0.3 is 19.7 Å². The Kier molecular flexibility index (Phi) is 9.96. The summed E-state index contributed by atoms with van der Waals surface area (Å²) >= 11 is 3.42. The second-order valence-corrected chi connectivity index (χ2v) is 11.1. The number of nitrogens with zero attached hydrogens (tertiary/aromatic N) is 2. The van der Waals surface area contributed by atoms with Crippen molar-refractivity contribution in [2.75, 3.05) is 31.3 Å². The van der Waals surface area contributed by atoms with Crippen LogP contribution in [0.2, 0.25) is 0 Å². The summed E-state index contributed by atoms with van der Waals surface area (Å²) in [7, 11) is -1.00. The van der Waals surface area contributed by atoms with Gasteiger partial charge in [-0.3, -0.25) is 13.9 Å². The third kappa shape index (κ3) is 7.86. The second kappa shape index (κ2) is 12.3. The topological polar surface area (TPSA) is 105 Å². The van der Waals surface area contributed by atoms with Crippen molar-refractivity contribution in [1.82, 2.24) is 10.2 Å². The Morgan fingerprint density at radius 3 is 2.29 bits per heavy atom. The third-order valence-electron chi connectivity index (χ3n) is 5.17. The number of nitrogens with one attached hydrogen (secondary N) is 1. The molecule has 0 bridgehead atoms. The average Bonchev–Trinajstić information content (AvgIpc) is 2.78. The average molecular weight is 571 g/mol. The van der Waals surface area contributed by atoms with Crippen LogP contribution in [-0.2, 0) is 26.2 Å². The van der Waals surface area contributed by atoms with Crippen molar-refractivity contribution < 1.29 is 27.5 Å². The van der Waals surface area contributed by atoms with E-state index in [1.807, 2.05) is 38.1 Å². The number of methoxy groups -OCH3 is 2. The molecule has 9 nitrogen and oxygen atoms in total. The molecule has 1 atom stereocenters. The first kappa shape index (κ1) is 28.4. The highest BCUT2D eigenvalue weighted by atomic mass is 79.9. The molecular weight excluding hydrogens is 538 g/mol. The van der Waals surface area contributed by atoms with E-state index in [2.05, 4.69) is 21.2 Å². The fraction of sp³-hybridized carbons (Fsp3) is 0.417. The first-order valence-corrected chi connectivity index (χ1v) is 13.6. The second-order valence-electron chi connectivity index (χ2n) is 8.30. The number of ether oxygens (including phenoxy) is 2. The lowest BCUT2D eigenvalue weighted by atomic mass is 10.1. The van der Waals surface area contributed by atoms with E-state index in [1.54, 1.807) is 13.0 Å². The Bertz CT molecular complexity index is 1160. The number of hydrogen-bond donors (Lipinski definition) is 1. The molecule has 1 N–H and O–H groups in total. The highest BCUT2D eigenvalue weighted by Crippen LogP contribution is 2.33. The van der Waals surface area contributed by atoms with E-state index in [4.69, 9.17) is 9.47 Å². The predicted octanol–water partition coefficient (Wildman–Crippen LogP) is 3.17. The van der Waals surface area contributed by atoms with Crippen molar-refractivity contribution in [3.63, 3.8) is 0 Å². The number of anilines is 1. The maximum Gasteiger partial charge on any atom is 0.244 e. The van der Waals surface area contributed by atoms with Crippen LogP contribution in [-0.4, -0.2) is 64.2 Å². The number of halogens is 1. The van der Waals surface area contributed by atoms with Gasteiger partial charge in [-0.1, -0.05) is 28.1 Å². The predicted molar refractivity (Wildman–Crippen MR) is 139 cm³/mol. The van der Waals surface area contributed by atoms with Crippen LogP contribution >= 0.6 is 15.9 Å². The third-order valence-corrected chi connectivity index (χ3v) is 6.79. The van der Waals surface area contributed by atoms with Crippen molar-refractivity contribution in [3.8, 4) is 11.5 Å². The molecule has 35 heavy (non-hydrogen) atoms. The van der Waals surface area contributed by atoms with Crippen LogP contribution in [0.3, 0.4) is 0 Å². The Morgan fingerprint density at radius 2 is 1.74 bits per heavy atom. The van der Waals surface area contributed by atoms with Crippen LogP contribution < -0.4 is 19.1 Å². The van der Waals surface area contributed by atoms with Gasteiger partial charge in [0.25, 0.3) is 0 Å². The molecule has 0 saturated carbocycles. The van der Waals surface area contributed by atoms with Gasteiger partial charge in [0.05, 0.1) is 26.2 Å². The number of sulfonamides is 1. The molecule has 11 heteroatoms. The van der Waals surface area contributed by atoms with Gasteiger partial charge in [0.15, 0.2) is 0 Å². The molecule has 0 saturated heterocycles. The van der Waals surface area contributed by atoms with Gasteiger partial charge in [-0.2, -0.15) is 0 Å². The first-order valence-electron chi connectivity index (χ1n) is 10.9. The SMILES string of the molecule is COc1ccc(N(CC(=O)N(Cc2cccc(Br)c2)[C@@H](C)C(=O)NC(C)C)S(C)(=O)=O)c(OC)c1. The molecule has 2 aromatic carbocycles. The van der Waals surface area contributed by atoms with E-state index in [0.29, 0.717) is 5.75 Å². The molecule has 0 aliphatic rings. The van der Waals surface area contributed by atoms with Crippen LogP contribution in [0.25, 0.3) is 0 Å². The van der Waals surface area contributed by atoms with E-state index < -0.39 is 28.5 Å². The molecule has 0 aromatic heterocycles. The summed E-state index contributed by atoms with van der Waals surface area (Å²) in [4.78, 5) is 27.7. The summed E-state index contributed by atoms with van der Waals surface area (Å²) in [6.45, 7) is 4.86. The first-order chi connectivity index (χ1) is 16.4. The van der Waals surface area contributed by atoms with E-state index in [0.717, 1.165) is 20.6 Å². The summed E-state index contributed by atoms with van der Waals surface area (Å²) in [5.41, 5.74) is 0.968. The minimum atomic E-state index is -3.89. The number of benzene rings is 2. The lowest BCUT2D eigenvalue weighted by Gasteiger charge is -2.32. The van der Waals surface area contributed by atoms with E-state index >= 15 is 0 Å². The van der Waals surface area contributed by atoms with Gasteiger partial charge in [0, 0.05) is 23.1 Å². The molecule has 0 heterocycles. The fourth-order valence-corrected chi connectivity index (χ4v) is 4.71. The molecule has 0 unspecified atom stereocenters. The van der Waals surface area contributed by atoms with Gasteiger partial charge in [0.1, 0.15) is 24.1 Å². The van der Waals surface area contributed by atoms with Gasteiger partial charge in [-0.15, -0.1) is 0 Å². The van der Waals surface area contributed by atoms with Crippen LogP contribution in [0.4, 0.5) is 5.69 Å². The Labute approximate surface area is 215 Å². The number of amides is 2. The summed E-state index contributed by atoms with van der Waals surface area (Å²) in [5.74, 6) is -0.177. The summed E-state index contributed by atoms with van der Waals surface area (Å²) in [5, 5.41) is 2.81. The molecule has 2 aromatic rings. The molecule has 0 radical (unpaired) electrons. The smallest absolute Gasteiger partial charge is 0.244 e. The van der Waals surface area contributed by atoms with Gasteiger partial charge >= 0.3 is 0 Å². The highest BCUT2D eigenvalue weighted by Gasteiger charge is 2.31. The number of hydrogen-bond acceptors (Lipinski definition) is 6. The van der Waals surface area contributed by atoms with Gasteiger partial charge in [0.2, 0.25) is 21.8 Å². The lowest BCUT2D eigenvalue weighted by Crippen LogP contribution is -2.52. The van der Waals surface area contributed by atoms with E-state index in [-0.39, 0.29) is 29.9 Å². The molecule has 0 aliphatic heterocycles. The lowest BCUT2D eigenvalue weighted by molar-refractivity contribution is -0.139. The zero-order chi connectivity index (χ0) is 26.3. The molecule has 0 aliphatic carbocycles. The van der Waals surface area contributed by atoms with Crippen LogP contribution in [0, 0.1) is 0 Å². The van der Waals surface area contributed by atoms with Crippen molar-refractivity contribution in [1.29, 1.82) is 0 Å². The van der Waals surface area contributed by atoms with Crippen molar-refractivity contribution >= 4 is 43.5 Å². The fourth-order valence-electron chi connectivity index (χ4n) is 3.41. The van der Waals surface area contributed by atoms with Gasteiger partial charge in [-0.25, -0.2) is 8.42 Å². The minimum absolute atomic E-state index is 0.113. The van der Waals surface area contributed by atoms with Crippen LogP contribution in [0.5, 0.6) is 11.5 Å². The zero-order valence-corrected chi connectivity index (χ0v) is 23.1. The number of carbonyl (C=O) groups excluding carboxylic acids is 2. The van der Waals surface area contributed by atoms with E-state index in [9.17, 15) is 18.0 Å². The van der Waals surface area contributed by atoms with Crippen LogP contribution in [0.1, 0.15) is 26.3 Å². The summed E-state index contributed by atoms with van der Waals surface area (Å²) in [6.07, 6.45) is 1.01. The van der Waals surface area contributed by atoms with Gasteiger partial charge in [-0.05, 0) is 50.6 Å². The van der Waals surface area contributed by atoms with Crippen LogP contribution in [0.15, 0.2) is 46.9 Å². The maximum absolute atomic E-state index is 13.6. The monoisotopic (exact) mass is 569 g/mol. The molecule has 2 amide bonds. The summed E-state index contributed by atoms with van der Waals surface area (Å²) < 4.78 is 37.8. The molecule has 0 spiro atoms. The minimum Gasteiger partial charge on any atom is -0.497 e. The quantitative estimate of drug-likeness (QED) is 0.445.